The number of piperidine rings is 1. The summed E-state index contributed by atoms with van der Waals surface area (Å²) in [6.07, 6.45) is 3.51. The third-order valence-electron chi connectivity index (χ3n) is 7.15. The predicted molar refractivity (Wildman–Crippen MR) is 120 cm³/mol. The van der Waals surface area contributed by atoms with Crippen LogP contribution in [0.25, 0.3) is 11.1 Å². The van der Waals surface area contributed by atoms with Gasteiger partial charge in [0.1, 0.15) is 0 Å². The maximum atomic E-state index is 13.4. The molecule has 0 radical (unpaired) electrons. The summed E-state index contributed by atoms with van der Waals surface area (Å²) in [5.74, 6) is 0.635. The van der Waals surface area contributed by atoms with Crippen molar-refractivity contribution in [2.75, 3.05) is 39.3 Å². The topological polar surface area (TPSA) is 47.6 Å². The molecule has 5 heteroatoms. The van der Waals surface area contributed by atoms with E-state index < -0.39 is 0 Å². The van der Waals surface area contributed by atoms with Crippen LogP contribution in [0.5, 0.6) is 0 Å². The molecule has 2 atom stereocenters. The summed E-state index contributed by atoms with van der Waals surface area (Å²) in [5.41, 5.74) is 3.61. The Morgan fingerprint density at radius 1 is 0.900 bits per heavy atom. The van der Waals surface area contributed by atoms with E-state index in [-0.39, 0.29) is 12.1 Å². The molecule has 2 N–H and O–H groups in total. The smallest absolute Gasteiger partial charge is 0.318 e. The number of carbonyl (C=O) groups is 1. The first-order valence-electron chi connectivity index (χ1n) is 11.4. The number of urea groups is 1. The average Bonchev–Trinajstić information content (AvgIpc) is 3.13. The Labute approximate surface area is 179 Å². The van der Waals surface area contributed by atoms with E-state index in [9.17, 15) is 4.79 Å². The molecule has 0 aromatic heterocycles. The van der Waals surface area contributed by atoms with E-state index in [4.69, 9.17) is 0 Å². The third-order valence-corrected chi connectivity index (χ3v) is 7.15. The van der Waals surface area contributed by atoms with Crippen molar-refractivity contribution in [1.82, 2.24) is 20.4 Å². The van der Waals surface area contributed by atoms with Crippen molar-refractivity contribution in [3.8, 4) is 11.1 Å². The minimum absolute atomic E-state index is 0.0632. The number of fused-ring (bicyclic) bond motifs is 4. The van der Waals surface area contributed by atoms with Gasteiger partial charge in [0.2, 0.25) is 0 Å². The van der Waals surface area contributed by atoms with Gasteiger partial charge in [0.25, 0.3) is 0 Å². The van der Waals surface area contributed by atoms with Gasteiger partial charge in [-0.25, -0.2) is 4.79 Å². The van der Waals surface area contributed by atoms with Crippen LogP contribution in [0.4, 0.5) is 4.79 Å². The van der Waals surface area contributed by atoms with Crippen molar-refractivity contribution in [1.29, 1.82) is 0 Å². The molecule has 158 valence electrons. The molecule has 2 amide bonds. The van der Waals surface area contributed by atoms with Gasteiger partial charge < -0.3 is 20.4 Å². The predicted octanol–water partition coefficient (Wildman–Crippen LogP) is 3.49. The highest BCUT2D eigenvalue weighted by Gasteiger charge is 2.34. The number of piperazine rings is 1. The fourth-order valence-electron chi connectivity index (χ4n) is 5.37. The molecule has 4 heterocycles. The Hall–Kier alpha value is -2.37. The number of amides is 2. The van der Waals surface area contributed by atoms with Crippen LogP contribution < -0.4 is 10.6 Å². The van der Waals surface area contributed by atoms with E-state index in [0.29, 0.717) is 12.0 Å². The Bertz CT molecular complexity index is 862. The number of rotatable bonds is 3. The van der Waals surface area contributed by atoms with Gasteiger partial charge in [-0.3, -0.25) is 0 Å². The minimum atomic E-state index is 0.0632. The Balaban J connectivity index is 1.34. The summed E-state index contributed by atoms with van der Waals surface area (Å²) in [6, 6.07) is 19.6. The van der Waals surface area contributed by atoms with Crippen LogP contribution in [-0.4, -0.2) is 61.1 Å². The Morgan fingerprint density at radius 2 is 1.67 bits per heavy atom. The number of benzene rings is 2. The molecule has 0 spiro atoms. The van der Waals surface area contributed by atoms with E-state index in [2.05, 4.69) is 69.0 Å². The summed E-state index contributed by atoms with van der Waals surface area (Å²) >= 11 is 0. The summed E-state index contributed by atoms with van der Waals surface area (Å²) < 4.78 is 0. The zero-order chi connectivity index (χ0) is 20.3. The fourth-order valence-corrected chi connectivity index (χ4v) is 5.37. The number of nitrogens with one attached hydrogen (secondary N) is 2. The summed E-state index contributed by atoms with van der Waals surface area (Å²) in [4.78, 5) is 18.0. The lowest BCUT2D eigenvalue weighted by Crippen LogP contribution is -2.54. The average molecular weight is 405 g/mol. The fraction of sp³-hybridized carbons (Fsp3) is 0.480. The van der Waals surface area contributed by atoms with Crippen LogP contribution in [0, 0.1) is 5.92 Å². The van der Waals surface area contributed by atoms with Crippen molar-refractivity contribution in [3.05, 3.63) is 60.2 Å². The molecular formula is C25H32N4O. The van der Waals surface area contributed by atoms with Crippen LogP contribution in [0.2, 0.25) is 0 Å². The second-order valence-corrected chi connectivity index (χ2v) is 8.93. The quantitative estimate of drug-likeness (QED) is 0.823. The molecule has 2 aromatic rings. The van der Waals surface area contributed by atoms with Crippen molar-refractivity contribution in [2.45, 2.75) is 31.3 Å². The van der Waals surface area contributed by atoms with Gasteiger partial charge in [-0.05, 0) is 61.0 Å². The number of hydrogen-bond acceptors (Lipinski definition) is 3. The molecular weight excluding hydrogens is 372 g/mol. The van der Waals surface area contributed by atoms with E-state index in [0.717, 1.165) is 32.6 Å². The van der Waals surface area contributed by atoms with E-state index in [1.807, 2.05) is 6.07 Å². The second kappa shape index (κ2) is 8.78. The van der Waals surface area contributed by atoms with Crippen LogP contribution in [0.3, 0.4) is 0 Å². The Kier molecular flexibility index (Phi) is 5.73. The van der Waals surface area contributed by atoms with Gasteiger partial charge >= 0.3 is 6.03 Å². The standard InChI is InChI=1S/C25H32N4O/c30-25(27-23-11-15-28-13-9-20(23)10-14-28)29-16-12-26-18-24(29)22-8-4-7-21(17-22)19-5-2-1-3-6-19/h1-8,17,20,23-24,26H,9-16,18H2,(H,27,30). The maximum Gasteiger partial charge on any atom is 0.318 e. The van der Waals surface area contributed by atoms with E-state index in [1.54, 1.807) is 0 Å². The molecule has 0 aliphatic carbocycles. The van der Waals surface area contributed by atoms with Crippen LogP contribution in [0.1, 0.15) is 30.9 Å². The van der Waals surface area contributed by atoms with Gasteiger partial charge in [0, 0.05) is 32.2 Å². The number of hydrogen-bond donors (Lipinski definition) is 2. The minimum Gasteiger partial charge on any atom is -0.335 e. The van der Waals surface area contributed by atoms with Crippen molar-refractivity contribution in [3.63, 3.8) is 0 Å². The molecule has 2 bridgehead atoms. The summed E-state index contributed by atoms with van der Waals surface area (Å²) in [5, 5.41) is 6.92. The zero-order valence-corrected chi connectivity index (χ0v) is 17.6. The first kappa shape index (κ1) is 19.6. The highest BCUT2D eigenvalue weighted by Crippen LogP contribution is 2.30. The monoisotopic (exact) mass is 404 g/mol. The van der Waals surface area contributed by atoms with E-state index in [1.165, 1.54) is 42.6 Å². The van der Waals surface area contributed by atoms with Crippen LogP contribution in [0.15, 0.2) is 54.6 Å². The van der Waals surface area contributed by atoms with Gasteiger partial charge in [-0.2, -0.15) is 0 Å². The van der Waals surface area contributed by atoms with Crippen molar-refractivity contribution < 1.29 is 4.79 Å². The maximum absolute atomic E-state index is 13.4. The van der Waals surface area contributed by atoms with E-state index >= 15 is 0 Å². The lowest BCUT2D eigenvalue weighted by atomic mass is 9.90. The van der Waals surface area contributed by atoms with Gasteiger partial charge in [-0.1, -0.05) is 48.5 Å². The highest BCUT2D eigenvalue weighted by atomic mass is 16.2. The summed E-state index contributed by atoms with van der Waals surface area (Å²) in [7, 11) is 0. The van der Waals surface area contributed by atoms with Gasteiger partial charge in [-0.15, -0.1) is 0 Å². The largest absolute Gasteiger partial charge is 0.335 e. The van der Waals surface area contributed by atoms with Gasteiger partial charge in [0.05, 0.1) is 6.04 Å². The molecule has 5 nitrogen and oxygen atoms in total. The third kappa shape index (κ3) is 4.09. The first-order valence-corrected chi connectivity index (χ1v) is 11.4. The Morgan fingerprint density at radius 3 is 2.50 bits per heavy atom. The van der Waals surface area contributed by atoms with Crippen LogP contribution in [-0.2, 0) is 0 Å². The number of carbonyl (C=O) groups excluding carboxylic acids is 1. The van der Waals surface area contributed by atoms with Crippen LogP contribution >= 0.6 is 0 Å². The molecule has 4 fully saturated rings. The molecule has 2 unspecified atom stereocenters. The van der Waals surface area contributed by atoms with Crippen molar-refractivity contribution in [2.24, 2.45) is 5.92 Å². The molecule has 30 heavy (non-hydrogen) atoms. The lowest BCUT2D eigenvalue weighted by Gasteiger charge is -2.38. The lowest BCUT2D eigenvalue weighted by molar-refractivity contribution is 0.149. The normalized spacial score (nSPS) is 28.7. The van der Waals surface area contributed by atoms with Crippen molar-refractivity contribution >= 4 is 6.03 Å². The molecule has 0 saturated carbocycles. The molecule has 4 saturated heterocycles. The number of nitrogens with zero attached hydrogens (tertiary/aromatic N) is 2. The molecule has 4 aliphatic rings. The zero-order valence-electron chi connectivity index (χ0n) is 17.6. The van der Waals surface area contributed by atoms with Gasteiger partial charge in [0.15, 0.2) is 0 Å². The SMILES string of the molecule is O=C(NC1CCN2CCC1CC2)N1CCNCC1c1cccc(-c2ccccc2)c1. The highest BCUT2D eigenvalue weighted by molar-refractivity contribution is 5.75. The first-order chi connectivity index (χ1) is 14.8. The summed E-state index contributed by atoms with van der Waals surface area (Å²) in [6.45, 7) is 5.90. The molecule has 4 aliphatic heterocycles. The second-order valence-electron chi connectivity index (χ2n) is 8.93. The molecule has 2 aromatic carbocycles. The molecule has 6 rings (SSSR count).